The van der Waals surface area contributed by atoms with Gasteiger partial charge in [0.15, 0.2) is 0 Å². The summed E-state index contributed by atoms with van der Waals surface area (Å²) in [5.41, 5.74) is 2.37. The van der Waals surface area contributed by atoms with Gasteiger partial charge in [0.25, 0.3) is 0 Å². The van der Waals surface area contributed by atoms with Crippen LogP contribution < -0.4 is 4.90 Å². The van der Waals surface area contributed by atoms with E-state index in [2.05, 4.69) is 29.2 Å². The lowest BCUT2D eigenvalue weighted by molar-refractivity contribution is -0.151. The fourth-order valence-electron chi connectivity index (χ4n) is 3.63. The summed E-state index contributed by atoms with van der Waals surface area (Å²) in [5, 5.41) is 9.32. The first-order chi connectivity index (χ1) is 13.8. The normalized spacial score (nSPS) is 15.2. The number of nitrogens with zero attached hydrogens (tertiary/aromatic N) is 2. The number of rotatable bonds is 10. The van der Waals surface area contributed by atoms with Gasteiger partial charge in [0.1, 0.15) is 6.04 Å². The monoisotopic (exact) mass is 420 g/mol. The van der Waals surface area contributed by atoms with Gasteiger partial charge in [0.05, 0.1) is 13.2 Å². The van der Waals surface area contributed by atoms with Crippen molar-refractivity contribution in [3.05, 3.63) is 29.8 Å². The summed E-state index contributed by atoms with van der Waals surface area (Å²) in [6.45, 7) is 6.98. The first kappa shape index (κ1) is 23.3. The number of benzene rings is 1. The van der Waals surface area contributed by atoms with Crippen LogP contribution in [0.15, 0.2) is 24.3 Å². The second-order valence-corrected chi connectivity index (χ2v) is 8.44. The highest BCUT2D eigenvalue weighted by molar-refractivity contribution is 7.80. The number of carbonyl (C=O) groups is 2. The Labute approximate surface area is 178 Å². The number of likely N-dealkylation sites (N-methyl/N-ethyl adjacent to an activating group) is 1. The molecule has 2 rings (SSSR count). The van der Waals surface area contributed by atoms with Gasteiger partial charge in [-0.15, -0.1) is 0 Å². The van der Waals surface area contributed by atoms with Crippen molar-refractivity contribution >= 4 is 34.6 Å². The molecule has 1 fully saturated rings. The van der Waals surface area contributed by atoms with Crippen LogP contribution in [0.5, 0.6) is 0 Å². The summed E-state index contributed by atoms with van der Waals surface area (Å²) in [5.74, 6) is -1.25. The standard InChI is InChI=1S/C22H32N2O4S/c1-16(2)21(22(26)27)23(3)20(25)6-4-5-19(29)15-17-7-9-18(10-8-17)24-11-13-28-14-12-24/h7-10,16,21H,4-6,11-15H2,1-3H3,(H,26,27)/t21-/m0/s1. The Morgan fingerprint density at radius 1 is 1.17 bits per heavy atom. The SMILES string of the molecule is CC(C)[C@@H](C(=O)O)N(C)C(=O)CCCC(=S)Cc1ccc(N2CCOCC2)cc1. The van der Waals surface area contributed by atoms with Crippen LogP contribution in [0.2, 0.25) is 0 Å². The van der Waals surface area contributed by atoms with Crippen molar-refractivity contribution in [2.45, 2.75) is 45.6 Å². The number of aliphatic carboxylic acids is 1. The van der Waals surface area contributed by atoms with E-state index in [1.807, 2.05) is 13.8 Å². The van der Waals surface area contributed by atoms with E-state index in [-0.39, 0.29) is 11.8 Å². The van der Waals surface area contributed by atoms with Gasteiger partial charge in [0.2, 0.25) is 5.91 Å². The third-order valence-corrected chi connectivity index (χ3v) is 5.60. The molecule has 7 heteroatoms. The Bertz CT molecular complexity index is 699. The summed E-state index contributed by atoms with van der Waals surface area (Å²) < 4.78 is 5.39. The zero-order valence-corrected chi connectivity index (χ0v) is 18.4. The summed E-state index contributed by atoms with van der Waals surface area (Å²) in [6, 6.07) is 7.67. The van der Waals surface area contributed by atoms with Gasteiger partial charge in [-0.1, -0.05) is 38.2 Å². The average Bonchev–Trinajstić information content (AvgIpc) is 2.68. The predicted molar refractivity (Wildman–Crippen MR) is 119 cm³/mol. The van der Waals surface area contributed by atoms with Crippen LogP contribution in [0.3, 0.4) is 0 Å². The quantitative estimate of drug-likeness (QED) is 0.587. The number of morpholine rings is 1. The van der Waals surface area contributed by atoms with Crippen molar-refractivity contribution in [2.24, 2.45) is 5.92 Å². The maximum atomic E-state index is 12.3. The summed E-state index contributed by atoms with van der Waals surface area (Å²) in [7, 11) is 1.56. The van der Waals surface area contributed by atoms with E-state index in [0.717, 1.165) is 31.2 Å². The zero-order valence-electron chi connectivity index (χ0n) is 17.6. The van der Waals surface area contributed by atoms with Crippen LogP contribution in [0.1, 0.15) is 38.7 Å². The van der Waals surface area contributed by atoms with Gasteiger partial charge in [-0.2, -0.15) is 0 Å². The topological polar surface area (TPSA) is 70.1 Å². The van der Waals surface area contributed by atoms with Gasteiger partial charge >= 0.3 is 5.97 Å². The number of hydrogen-bond acceptors (Lipinski definition) is 5. The lowest BCUT2D eigenvalue weighted by Crippen LogP contribution is -2.45. The highest BCUT2D eigenvalue weighted by Crippen LogP contribution is 2.18. The largest absolute Gasteiger partial charge is 0.480 e. The van der Waals surface area contributed by atoms with Crippen LogP contribution in [0.25, 0.3) is 0 Å². The summed E-state index contributed by atoms with van der Waals surface area (Å²) >= 11 is 5.50. The van der Waals surface area contributed by atoms with Crippen molar-refractivity contribution in [2.75, 3.05) is 38.3 Å². The van der Waals surface area contributed by atoms with Crippen molar-refractivity contribution in [1.82, 2.24) is 4.90 Å². The summed E-state index contributed by atoms with van der Waals surface area (Å²) in [6.07, 6.45) is 2.34. The molecular weight excluding hydrogens is 388 g/mol. The Morgan fingerprint density at radius 2 is 1.79 bits per heavy atom. The Balaban J connectivity index is 1.76. The van der Waals surface area contributed by atoms with Crippen LogP contribution in [-0.2, 0) is 20.7 Å². The van der Waals surface area contributed by atoms with E-state index in [1.165, 1.54) is 16.2 Å². The number of anilines is 1. The Morgan fingerprint density at radius 3 is 2.34 bits per heavy atom. The first-order valence-electron chi connectivity index (χ1n) is 10.2. The van der Waals surface area contributed by atoms with Crippen LogP contribution >= 0.6 is 12.2 Å². The van der Waals surface area contributed by atoms with Crippen LogP contribution in [0.4, 0.5) is 5.69 Å². The molecule has 1 amide bonds. The lowest BCUT2D eigenvalue weighted by atomic mass is 10.0. The fourth-order valence-corrected chi connectivity index (χ4v) is 3.94. The minimum absolute atomic E-state index is 0.136. The number of carbonyl (C=O) groups excluding carboxylic acids is 1. The van der Waals surface area contributed by atoms with Gasteiger partial charge in [-0.3, -0.25) is 4.79 Å². The third kappa shape index (κ3) is 7.08. The van der Waals surface area contributed by atoms with E-state index in [0.29, 0.717) is 25.7 Å². The van der Waals surface area contributed by atoms with Crippen molar-refractivity contribution in [3.63, 3.8) is 0 Å². The maximum Gasteiger partial charge on any atom is 0.326 e. The highest BCUT2D eigenvalue weighted by Gasteiger charge is 2.29. The molecule has 1 aliphatic rings. The molecule has 6 nitrogen and oxygen atoms in total. The van der Waals surface area contributed by atoms with E-state index in [9.17, 15) is 14.7 Å². The number of thiocarbonyl (C=S) groups is 1. The molecule has 0 unspecified atom stereocenters. The minimum Gasteiger partial charge on any atom is -0.480 e. The number of carboxylic acid groups (broad SMARTS) is 1. The first-order valence-corrected chi connectivity index (χ1v) is 10.6. The number of ether oxygens (including phenoxy) is 1. The Hall–Kier alpha value is -1.99. The van der Waals surface area contributed by atoms with E-state index >= 15 is 0 Å². The van der Waals surface area contributed by atoms with Gasteiger partial charge < -0.3 is 19.6 Å². The molecule has 1 heterocycles. The highest BCUT2D eigenvalue weighted by atomic mass is 32.1. The molecule has 0 aromatic heterocycles. The molecule has 0 saturated carbocycles. The van der Waals surface area contributed by atoms with Crippen molar-refractivity contribution < 1.29 is 19.4 Å². The second kappa shape index (κ2) is 11.3. The van der Waals surface area contributed by atoms with Crippen molar-refractivity contribution in [1.29, 1.82) is 0 Å². The fraction of sp³-hybridized carbons (Fsp3) is 0.591. The third-order valence-electron chi connectivity index (χ3n) is 5.26. The average molecular weight is 421 g/mol. The molecule has 1 atom stereocenters. The molecule has 0 aliphatic carbocycles. The molecule has 1 N–H and O–H groups in total. The molecule has 0 bridgehead atoms. The minimum atomic E-state index is -0.966. The molecular formula is C22H32N2O4S. The Kier molecular flexibility index (Phi) is 9.04. The van der Waals surface area contributed by atoms with E-state index in [4.69, 9.17) is 17.0 Å². The molecule has 29 heavy (non-hydrogen) atoms. The molecule has 160 valence electrons. The smallest absolute Gasteiger partial charge is 0.326 e. The lowest BCUT2D eigenvalue weighted by Gasteiger charge is -2.29. The zero-order chi connectivity index (χ0) is 21.4. The molecule has 0 radical (unpaired) electrons. The van der Waals surface area contributed by atoms with Crippen LogP contribution in [0, 0.1) is 5.92 Å². The van der Waals surface area contributed by atoms with E-state index in [1.54, 1.807) is 7.05 Å². The summed E-state index contributed by atoms with van der Waals surface area (Å²) in [4.78, 5) is 28.3. The van der Waals surface area contributed by atoms with Gasteiger partial charge in [-0.05, 0) is 41.3 Å². The van der Waals surface area contributed by atoms with E-state index < -0.39 is 12.0 Å². The molecule has 0 spiro atoms. The molecule has 1 saturated heterocycles. The maximum absolute atomic E-state index is 12.3. The molecule has 1 aliphatic heterocycles. The number of amides is 1. The molecule has 1 aromatic rings. The van der Waals surface area contributed by atoms with Crippen molar-refractivity contribution in [3.8, 4) is 0 Å². The predicted octanol–water partition coefficient (Wildman–Crippen LogP) is 3.17. The molecule has 1 aromatic carbocycles. The van der Waals surface area contributed by atoms with Gasteiger partial charge in [-0.25, -0.2) is 4.79 Å². The second-order valence-electron chi connectivity index (χ2n) is 7.87. The van der Waals surface area contributed by atoms with Gasteiger partial charge in [0, 0.05) is 38.7 Å². The number of hydrogen-bond donors (Lipinski definition) is 1. The number of carboxylic acids is 1. The van der Waals surface area contributed by atoms with Crippen LogP contribution in [-0.4, -0.2) is 66.1 Å².